The Kier molecular flexibility index (Phi) is 2.99. The Morgan fingerprint density at radius 3 is 3.17 bits per heavy atom. The highest BCUT2D eigenvalue weighted by molar-refractivity contribution is 9.10. The van der Waals surface area contributed by atoms with Gasteiger partial charge in [-0.2, -0.15) is 0 Å². The maximum Gasteiger partial charge on any atom is 0.237 e. The van der Waals surface area contributed by atoms with E-state index in [2.05, 4.69) is 20.9 Å². The minimum Gasteiger partial charge on any atom is -0.475 e. The standard InChI is InChI=1S/C12H14BrN3O2/c1-15-5-10-7-18-12-8(2-9(13)3-14-12)4-16(10)11(17)6-15/h2-3,10H,4-7H2,1H3. The molecule has 0 bridgehead atoms. The van der Waals surface area contributed by atoms with Crippen LogP contribution in [0.5, 0.6) is 5.88 Å². The van der Waals surface area contributed by atoms with Gasteiger partial charge in [-0.1, -0.05) is 0 Å². The number of amides is 1. The van der Waals surface area contributed by atoms with Gasteiger partial charge in [0.2, 0.25) is 11.8 Å². The van der Waals surface area contributed by atoms with E-state index in [0.29, 0.717) is 25.6 Å². The van der Waals surface area contributed by atoms with Crippen LogP contribution < -0.4 is 4.74 Å². The zero-order valence-electron chi connectivity index (χ0n) is 10.1. The minimum atomic E-state index is 0.115. The summed E-state index contributed by atoms with van der Waals surface area (Å²) in [6, 6.07) is 2.08. The van der Waals surface area contributed by atoms with Crippen molar-refractivity contribution in [1.29, 1.82) is 0 Å². The second-order valence-corrected chi connectivity index (χ2v) is 5.72. The summed E-state index contributed by atoms with van der Waals surface area (Å²) >= 11 is 3.40. The van der Waals surface area contributed by atoms with Crippen LogP contribution in [0.2, 0.25) is 0 Å². The number of fused-ring (bicyclic) bond motifs is 2. The fourth-order valence-electron chi connectivity index (χ4n) is 2.48. The van der Waals surface area contributed by atoms with Crippen LogP contribution in [0.1, 0.15) is 5.56 Å². The van der Waals surface area contributed by atoms with Gasteiger partial charge in [-0.05, 0) is 29.0 Å². The summed E-state index contributed by atoms with van der Waals surface area (Å²) in [6.45, 7) is 2.42. The number of aromatic nitrogens is 1. The highest BCUT2D eigenvalue weighted by Gasteiger charge is 2.34. The number of hydrogen-bond acceptors (Lipinski definition) is 4. The van der Waals surface area contributed by atoms with E-state index in [1.807, 2.05) is 22.9 Å². The van der Waals surface area contributed by atoms with Gasteiger partial charge >= 0.3 is 0 Å². The van der Waals surface area contributed by atoms with Crippen LogP contribution in [-0.2, 0) is 11.3 Å². The van der Waals surface area contributed by atoms with Gasteiger partial charge in [0, 0.05) is 22.8 Å². The highest BCUT2D eigenvalue weighted by Crippen LogP contribution is 2.27. The number of likely N-dealkylation sites (N-methyl/N-ethyl adjacent to an activating group) is 1. The summed E-state index contributed by atoms with van der Waals surface area (Å²) < 4.78 is 6.62. The first-order valence-electron chi connectivity index (χ1n) is 5.89. The second-order valence-electron chi connectivity index (χ2n) is 4.80. The molecule has 0 aliphatic carbocycles. The summed E-state index contributed by atoms with van der Waals surface area (Å²) in [7, 11) is 1.96. The molecule has 0 aromatic carbocycles. The van der Waals surface area contributed by atoms with Gasteiger partial charge in [-0.25, -0.2) is 4.98 Å². The van der Waals surface area contributed by atoms with Crippen molar-refractivity contribution in [3.63, 3.8) is 0 Å². The van der Waals surface area contributed by atoms with Crippen LogP contribution in [0.15, 0.2) is 16.7 Å². The van der Waals surface area contributed by atoms with Crippen LogP contribution in [0.4, 0.5) is 0 Å². The number of carbonyl (C=O) groups is 1. The number of piperazine rings is 1. The van der Waals surface area contributed by atoms with Crippen molar-refractivity contribution in [2.45, 2.75) is 12.6 Å². The SMILES string of the molecule is CN1CC(=O)N2Cc3cc(Br)cnc3OCC2C1. The van der Waals surface area contributed by atoms with Gasteiger partial charge in [-0.15, -0.1) is 0 Å². The van der Waals surface area contributed by atoms with Crippen molar-refractivity contribution in [3.05, 3.63) is 22.3 Å². The van der Waals surface area contributed by atoms with E-state index in [4.69, 9.17) is 4.74 Å². The van der Waals surface area contributed by atoms with Crippen LogP contribution in [0.3, 0.4) is 0 Å². The Bertz CT molecular complexity index is 494. The van der Waals surface area contributed by atoms with Gasteiger partial charge < -0.3 is 9.64 Å². The third kappa shape index (κ3) is 2.10. The second kappa shape index (κ2) is 4.51. The average Bonchev–Trinajstić information content (AvgIpc) is 2.48. The lowest BCUT2D eigenvalue weighted by Gasteiger charge is -2.37. The normalized spacial score (nSPS) is 24.0. The predicted octanol–water partition coefficient (Wildman–Crippen LogP) is 0.879. The molecule has 2 aliphatic heterocycles. The number of ether oxygens (including phenoxy) is 1. The molecule has 96 valence electrons. The third-order valence-electron chi connectivity index (χ3n) is 3.33. The molecule has 3 rings (SSSR count). The van der Waals surface area contributed by atoms with Crippen molar-refractivity contribution in [2.75, 3.05) is 26.7 Å². The molecular formula is C12H14BrN3O2. The van der Waals surface area contributed by atoms with E-state index in [0.717, 1.165) is 16.6 Å². The number of carbonyl (C=O) groups excluding carboxylic acids is 1. The van der Waals surface area contributed by atoms with E-state index >= 15 is 0 Å². The molecule has 1 aromatic heterocycles. The fourth-order valence-corrected chi connectivity index (χ4v) is 2.86. The first-order valence-corrected chi connectivity index (χ1v) is 6.68. The maximum absolute atomic E-state index is 12.1. The van der Waals surface area contributed by atoms with Crippen LogP contribution in [0.25, 0.3) is 0 Å². The van der Waals surface area contributed by atoms with Gasteiger partial charge in [0.25, 0.3) is 0 Å². The number of pyridine rings is 1. The molecule has 0 spiro atoms. The Morgan fingerprint density at radius 2 is 2.33 bits per heavy atom. The van der Waals surface area contributed by atoms with Gasteiger partial charge in [0.15, 0.2) is 0 Å². The zero-order valence-corrected chi connectivity index (χ0v) is 11.7. The molecule has 0 radical (unpaired) electrons. The predicted molar refractivity (Wildman–Crippen MR) is 69.3 cm³/mol. The summed E-state index contributed by atoms with van der Waals surface area (Å²) in [5.41, 5.74) is 0.963. The highest BCUT2D eigenvalue weighted by atomic mass is 79.9. The summed E-state index contributed by atoms with van der Waals surface area (Å²) in [5, 5.41) is 0. The van der Waals surface area contributed by atoms with Crippen LogP contribution in [0, 0.1) is 0 Å². The lowest BCUT2D eigenvalue weighted by atomic mass is 10.1. The van der Waals surface area contributed by atoms with E-state index in [1.54, 1.807) is 6.20 Å². The molecule has 0 N–H and O–H groups in total. The number of rotatable bonds is 0. The number of hydrogen-bond donors (Lipinski definition) is 0. The molecule has 1 amide bonds. The van der Waals surface area contributed by atoms with Gasteiger partial charge in [-0.3, -0.25) is 9.69 Å². The average molecular weight is 312 g/mol. The van der Waals surface area contributed by atoms with Crippen molar-refractivity contribution in [2.24, 2.45) is 0 Å². The molecule has 1 atom stereocenters. The molecule has 18 heavy (non-hydrogen) atoms. The van der Waals surface area contributed by atoms with E-state index in [9.17, 15) is 4.79 Å². The van der Waals surface area contributed by atoms with Gasteiger partial charge in [0.05, 0.1) is 19.1 Å². The Hall–Kier alpha value is -1.14. The molecular weight excluding hydrogens is 298 g/mol. The smallest absolute Gasteiger partial charge is 0.237 e. The quantitative estimate of drug-likeness (QED) is 0.713. The van der Waals surface area contributed by atoms with E-state index in [-0.39, 0.29) is 11.9 Å². The Balaban J connectivity index is 1.92. The first-order chi connectivity index (χ1) is 8.63. The zero-order chi connectivity index (χ0) is 12.7. The number of nitrogens with zero attached hydrogens (tertiary/aromatic N) is 3. The topological polar surface area (TPSA) is 45.7 Å². The molecule has 5 nitrogen and oxygen atoms in total. The molecule has 3 heterocycles. The fraction of sp³-hybridized carbons (Fsp3) is 0.500. The van der Waals surface area contributed by atoms with Gasteiger partial charge in [0.1, 0.15) is 6.61 Å². The summed E-state index contributed by atoms with van der Waals surface area (Å²) in [5.74, 6) is 0.799. The van der Waals surface area contributed by atoms with Crippen LogP contribution in [-0.4, -0.2) is 53.5 Å². The molecule has 1 aromatic rings. The molecule has 1 saturated heterocycles. The van der Waals surface area contributed by atoms with Crippen molar-refractivity contribution in [3.8, 4) is 5.88 Å². The molecule has 2 aliphatic rings. The third-order valence-corrected chi connectivity index (χ3v) is 3.77. The maximum atomic E-state index is 12.1. The van der Waals surface area contributed by atoms with Crippen LogP contribution >= 0.6 is 15.9 Å². The number of halogens is 1. The summed E-state index contributed by atoms with van der Waals surface area (Å²) in [6.07, 6.45) is 1.72. The van der Waals surface area contributed by atoms with Crippen molar-refractivity contribution >= 4 is 21.8 Å². The molecule has 1 unspecified atom stereocenters. The summed E-state index contributed by atoms with van der Waals surface area (Å²) in [4.78, 5) is 20.3. The lowest BCUT2D eigenvalue weighted by Crippen LogP contribution is -2.56. The van der Waals surface area contributed by atoms with Crippen molar-refractivity contribution in [1.82, 2.24) is 14.8 Å². The molecule has 0 saturated carbocycles. The Labute approximate surface area is 114 Å². The lowest BCUT2D eigenvalue weighted by molar-refractivity contribution is -0.140. The first kappa shape index (κ1) is 11.9. The van der Waals surface area contributed by atoms with E-state index in [1.165, 1.54) is 0 Å². The Morgan fingerprint density at radius 1 is 1.50 bits per heavy atom. The molecule has 6 heteroatoms. The largest absolute Gasteiger partial charge is 0.475 e. The monoisotopic (exact) mass is 311 g/mol. The molecule has 1 fully saturated rings. The minimum absolute atomic E-state index is 0.115. The van der Waals surface area contributed by atoms with E-state index < -0.39 is 0 Å². The van der Waals surface area contributed by atoms with Crippen molar-refractivity contribution < 1.29 is 9.53 Å².